The van der Waals surface area contributed by atoms with Gasteiger partial charge < -0.3 is 5.32 Å². The van der Waals surface area contributed by atoms with Gasteiger partial charge in [0.15, 0.2) is 5.82 Å². The molecule has 0 aliphatic heterocycles. The van der Waals surface area contributed by atoms with Gasteiger partial charge in [-0.25, -0.2) is 0 Å². The molecule has 0 aliphatic carbocycles. The summed E-state index contributed by atoms with van der Waals surface area (Å²) in [6.45, 7) is 0.150. The van der Waals surface area contributed by atoms with Crippen LogP contribution in [0.4, 0.5) is 5.82 Å². The fourth-order valence-corrected chi connectivity index (χ4v) is 1.50. The van der Waals surface area contributed by atoms with Crippen LogP contribution in [0.5, 0.6) is 0 Å². The van der Waals surface area contributed by atoms with E-state index in [0.29, 0.717) is 16.4 Å². The number of halogens is 1. The fraction of sp³-hybridized carbons (Fsp3) is 0.0833. The number of nitrogens with zero attached hydrogens (tertiary/aromatic N) is 3. The quantitative estimate of drug-likeness (QED) is 0.921. The van der Waals surface area contributed by atoms with E-state index in [0.717, 1.165) is 0 Å². The molecule has 0 radical (unpaired) electrons. The number of anilines is 1. The van der Waals surface area contributed by atoms with Gasteiger partial charge in [-0.3, -0.25) is 9.48 Å². The molecular weight excluding hydrogens is 252 g/mol. The number of aromatic nitrogens is 2. The van der Waals surface area contributed by atoms with Crippen LogP contribution in [0.3, 0.4) is 0 Å². The molecule has 1 N–H and O–H groups in total. The molecule has 90 valence electrons. The number of amides is 1. The largest absolute Gasteiger partial charge is 0.305 e. The summed E-state index contributed by atoms with van der Waals surface area (Å²) in [4.78, 5) is 11.8. The van der Waals surface area contributed by atoms with Crippen molar-refractivity contribution in [3.8, 4) is 6.07 Å². The molecule has 1 aromatic heterocycles. The number of carbonyl (C=O) groups excluding carboxylic acids is 1. The van der Waals surface area contributed by atoms with Crippen molar-refractivity contribution in [3.63, 3.8) is 0 Å². The first-order chi connectivity index (χ1) is 8.69. The van der Waals surface area contributed by atoms with Crippen LogP contribution in [0.25, 0.3) is 0 Å². The van der Waals surface area contributed by atoms with E-state index in [-0.39, 0.29) is 12.5 Å². The topological polar surface area (TPSA) is 70.7 Å². The summed E-state index contributed by atoms with van der Waals surface area (Å²) in [5.41, 5.74) is 0.495. The van der Waals surface area contributed by atoms with Gasteiger partial charge in [0.25, 0.3) is 5.91 Å². The van der Waals surface area contributed by atoms with Gasteiger partial charge in [-0.2, -0.15) is 10.4 Å². The second kappa shape index (κ2) is 5.34. The minimum absolute atomic E-state index is 0.150. The lowest BCUT2D eigenvalue weighted by molar-refractivity contribution is 0.102. The molecule has 0 aliphatic rings. The van der Waals surface area contributed by atoms with E-state index in [9.17, 15) is 4.79 Å². The molecule has 1 amide bonds. The van der Waals surface area contributed by atoms with E-state index in [1.807, 2.05) is 6.07 Å². The van der Waals surface area contributed by atoms with Crippen molar-refractivity contribution in [3.05, 3.63) is 47.1 Å². The number of hydrogen-bond acceptors (Lipinski definition) is 3. The SMILES string of the molecule is N#CCn1ccc(NC(=O)c2ccc(Cl)cc2)n1. The predicted octanol–water partition coefficient (Wildman–Crippen LogP) is 2.31. The van der Waals surface area contributed by atoms with Crippen molar-refractivity contribution in [1.29, 1.82) is 5.26 Å². The van der Waals surface area contributed by atoms with E-state index in [1.54, 1.807) is 36.5 Å². The highest BCUT2D eigenvalue weighted by molar-refractivity contribution is 6.30. The maximum atomic E-state index is 11.8. The first kappa shape index (κ1) is 12.1. The monoisotopic (exact) mass is 260 g/mol. The average Bonchev–Trinajstić information content (AvgIpc) is 2.78. The van der Waals surface area contributed by atoms with Crippen LogP contribution in [0.2, 0.25) is 5.02 Å². The molecule has 6 heteroatoms. The molecule has 18 heavy (non-hydrogen) atoms. The van der Waals surface area contributed by atoms with E-state index in [4.69, 9.17) is 16.9 Å². The fourth-order valence-electron chi connectivity index (χ4n) is 1.38. The van der Waals surface area contributed by atoms with Crippen LogP contribution in [0.15, 0.2) is 36.5 Å². The highest BCUT2D eigenvalue weighted by Crippen LogP contribution is 2.11. The molecule has 0 bridgehead atoms. The molecule has 1 aromatic carbocycles. The third kappa shape index (κ3) is 2.87. The minimum Gasteiger partial charge on any atom is -0.305 e. The molecule has 2 aromatic rings. The molecular formula is C12H9ClN4O. The van der Waals surface area contributed by atoms with Gasteiger partial charge in [-0.15, -0.1) is 0 Å². The number of hydrogen-bond donors (Lipinski definition) is 1. The Balaban J connectivity index is 2.06. The number of rotatable bonds is 3. The lowest BCUT2D eigenvalue weighted by atomic mass is 10.2. The van der Waals surface area contributed by atoms with Gasteiger partial charge >= 0.3 is 0 Å². The van der Waals surface area contributed by atoms with Crippen LogP contribution in [0.1, 0.15) is 10.4 Å². The van der Waals surface area contributed by atoms with Gasteiger partial charge in [0.05, 0.1) is 6.07 Å². The van der Waals surface area contributed by atoms with Gasteiger partial charge in [-0.05, 0) is 24.3 Å². The van der Waals surface area contributed by atoms with E-state index < -0.39 is 0 Å². The normalized spacial score (nSPS) is 9.78. The van der Waals surface area contributed by atoms with Crippen LogP contribution in [-0.2, 0) is 6.54 Å². The van der Waals surface area contributed by atoms with E-state index in [2.05, 4.69) is 10.4 Å². The Hall–Kier alpha value is -2.32. The first-order valence-electron chi connectivity index (χ1n) is 5.16. The Morgan fingerprint density at radius 1 is 1.39 bits per heavy atom. The highest BCUT2D eigenvalue weighted by Gasteiger charge is 2.07. The zero-order chi connectivity index (χ0) is 13.0. The third-order valence-corrected chi connectivity index (χ3v) is 2.47. The van der Waals surface area contributed by atoms with Gasteiger partial charge in [0.1, 0.15) is 6.54 Å². The second-order valence-corrected chi connectivity index (χ2v) is 3.95. The van der Waals surface area contributed by atoms with Crippen LogP contribution in [0, 0.1) is 11.3 Å². The molecule has 0 saturated carbocycles. The van der Waals surface area contributed by atoms with Gasteiger partial charge in [-0.1, -0.05) is 11.6 Å². The highest BCUT2D eigenvalue weighted by atomic mass is 35.5. The molecule has 0 atom stereocenters. The summed E-state index contributed by atoms with van der Waals surface area (Å²) in [6.07, 6.45) is 1.63. The predicted molar refractivity (Wildman–Crippen MR) is 67.2 cm³/mol. The summed E-state index contributed by atoms with van der Waals surface area (Å²) < 4.78 is 1.44. The van der Waals surface area contributed by atoms with Crippen LogP contribution in [-0.4, -0.2) is 15.7 Å². The first-order valence-corrected chi connectivity index (χ1v) is 5.54. The molecule has 5 nitrogen and oxygen atoms in total. The minimum atomic E-state index is -0.270. The smallest absolute Gasteiger partial charge is 0.256 e. The van der Waals surface area contributed by atoms with Crippen molar-refractivity contribution in [2.75, 3.05) is 5.32 Å². The van der Waals surface area contributed by atoms with Gasteiger partial charge in [0, 0.05) is 22.8 Å². The molecule has 0 spiro atoms. The summed E-state index contributed by atoms with van der Waals surface area (Å²) >= 11 is 5.74. The Kier molecular flexibility index (Phi) is 3.60. The van der Waals surface area contributed by atoms with Gasteiger partial charge in [0.2, 0.25) is 0 Å². The molecule has 0 fully saturated rings. The van der Waals surface area contributed by atoms with Crippen molar-refractivity contribution in [1.82, 2.24) is 9.78 Å². The van der Waals surface area contributed by atoms with Crippen molar-refractivity contribution >= 4 is 23.3 Å². The summed E-state index contributed by atoms with van der Waals surface area (Å²) in [5.74, 6) is 0.138. The zero-order valence-electron chi connectivity index (χ0n) is 9.30. The van der Waals surface area contributed by atoms with Crippen LogP contribution >= 0.6 is 11.6 Å². The second-order valence-electron chi connectivity index (χ2n) is 3.52. The maximum absolute atomic E-state index is 11.8. The Morgan fingerprint density at radius 2 is 2.11 bits per heavy atom. The standard InChI is InChI=1S/C12H9ClN4O/c13-10-3-1-9(2-4-10)12(18)15-11-5-7-17(16-11)8-6-14/h1-5,7H,8H2,(H,15,16,18). The molecule has 0 unspecified atom stereocenters. The summed E-state index contributed by atoms with van der Waals surface area (Å²) in [7, 11) is 0. The van der Waals surface area contributed by atoms with E-state index in [1.165, 1.54) is 4.68 Å². The summed E-state index contributed by atoms with van der Waals surface area (Å²) in [6, 6.07) is 10.1. The Bertz CT molecular complexity index is 597. The lowest BCUT2D eigenvalue weighted by Crippen LogP contribution is -2.12. The van der Waals surface area contributed by atoms with Crippen molar-refractivity contribution < 1.29 is 4.79 Å². The van der Waals surface area contributed by atoms with Crippen molar-refractivity contribution in [2.24, 2.45) is 0 Å². The zero-order valence-corrected chi connectivity index (χ0v) is 10.1. The molecule has 1 heterocycles. The van der Waals surface area contributed by atoms with E-state index >= 15 is 0 Å². The van der Waals surface area contributed by atoms with Crippen molar-refractivity contribution in [2.45, 2.75) is 6.54 Å². The molecule has 0 saturated heterocycles. The Morgan fingerprint density at radius 3 is 2.78 bits per heavy atom. The Labute approximate surface area is 109 Å². The maximum Gasteiger partial charge on any atom is 0.256 e. The number of benzene rings is 1. The summed E-state index contributed by atoms with van der Waals surface area (Å²) in [5, 5.41) is 15.7. The number of nitriles is 1. The number of nitrogens with one attached hydrogen (secondary N) is 1. The lowest BCUT2D eigenvalue weighted by Gasteiger charge is -2.01. The molecule has 2 rings (SSSR count). The average molecular weight is 261 g/mol. The third-order valence-electron chi connectivity index (χ3n) is 2.22. The number of carbonyl (C=O) groups is 1. The van der Waals surface area contributed by atoms with Crippen LogP contribution < -0.4 is 5.32 Å².